The highest BCUT2D eigenvalue weighted by molar-refractivity contribution is 7.91. The molecule has 0 saturated carbocycles. The number of sulfonamides is 1. The molecule has 1 aliphatic rings. The second-order valence-electron chi connectivity index (χ2n) is 6.91. The topological polar surface area (TPSA) is 127 Å². The maximum Gasteiger partial charge on any atom is 0.242 e. The van der Waals surface area contributed by atoms with E-state index in [0.29, 0.717) is 5.56 Å². The van der Waals surface area contributed by atoms with Gasteiger partial charge < -0.3 is 5.32 Å². The number of nitrogens with two attached hydrogens (primary N) is 1. The summed E-state index contributed by atoms with van der Waals surface area (Å²) < 4.78 is 46.5. The molecule has 2 aromatic rings. The molecule has 0 radical (unpaired) electrons. The lowest BCUT2D eigenvalue weighted by Gasteiger charge is -2.33. The number of nitrogens with one attached hydrogen (secondary N) is 1. The van der Waals surface area contributed by atoms with Crippen molar-refractivity contribution >= 4 is 25.8 Å². The van der Waals surface area contributed by atoms with Gasteiger partial charge in [-0.3, -0.25) is 9.69 Å². The van der Waals surface area contributed by atoms with E-state index in [9.17, 15) is 21.6 Å². The molecule has 1 heterocycles. The third kappa shape index (κ3) is 5.63. The Morgan fingerprint density at radius 3 is 2.34 bits per heavy atom. The fraction of sp³-hybridized carbons (Fsp3) is 0.316. The Labute approximate surface area is 170 Å². The smallest absolute Gasteiger partial charge is 0.242 e. The molecule has 3 rings (SSSR count). The van der Waals surface area contributed by atoms with E-state index in [1.54, 1.807) is 12.1 Å². The van der Waals surface area contributed by atoms with Gasteiger partial charge in [-0.25, -0.2) is 22.0 Å². The Balaban J connectivity index is 1.77. The Bertz CT molecular complexity index is 1070. The first-order chi connectivity index (χ1) is 13.7. The van der Waals surface area contributed by atoms with Crippen molar-refractivity contribution in [2.75, 3.05) is 24.6 Å². The van der Waals surface area contributed by atoms with Crippen LogP contribution >= 0.6 is 0 Å². The zero-order valence-electron chi connectivity index (χ0n) is 15.7. The third-order valence-electron chi connectivity index (χ3n) is 4.80. The number of primary sulfonamides is 1. The maximum atomic E-state index is 13.0. The second-order valence-corrected chi connectivity index (χ2v) is 10.8. The summed E-state index contributed by atoms with van der Waals surface area (Å²) in [5.41, 5.74) is 1.36. The summed E-state index contributed by atoms with van der Waals surface area (Å²) in [5.74, 6) is -0.253. The first-order valence-electron chi connectivity index (χ1n) is 9.05. The van der Waals surface area contributed by atoms with Gasteiger partial charge in [0.2, 0.25) is 15.9 Å². The molecule has 156 valence electrons. The third-order valence-corrected chi connectivity index (χ3v) is 7.32. The molecule has 3 N–H and O–H groups in total. The summed E-state index contributed by atoms with van der Waals surface area (Å²) in [6.45, 7) is 0.671. The van der Waals surface area contributed by atoms with Gasteiger partial charge in [-0.05, 0) is 23.3 Å². The van der Waals surface area contributed by atoms with Gasteiger partial charge in [0.15, 0.2) is 9.84 Å². The fourth-order valence-electron chi connectivity index (χ4n) is 3.27. The molecule has 0 spiro atoms. The lowest BCUT2D eigenvalue weighted by Crippen LogP contribution is -2.47. The van der Waals surface area contributed by atoms with Crippen molar-refractivity contribution in [3.05, 3.63) is 65.7 Å². The van der Waals surface area contributed by atoms with Crippen molar-refractivity contribution in [2.45, 2.75) is 17.5 Å². The van der Waals surface area contributed by atoms with Gasteiger partial charge in [0, 0.05) is 19.6 Å². The maximum absolute atomic E-state index is 13.0. The Hall–Kier alpha value is -2.27. The Morgan fingerprint density at radius 2 is 1.72 bits per heavy atom. The van der Waals surface area contributed by atoms with Crippen molar-refractivity contribution in [1.82, 2.24) is 10.2 Å². The molecule has 29 heavy (non-hydrogen) atoms. The average molecular weight is 438 g/mol. The first-order valence-corrected chi connectivity index (χ1v) is 12.4. The lowest BCUT2D eigenvalue weighted by molar-refractivity contribution is -0.126. The summed E-state index contributed by atoms with van der Waals surface area (Å²) >= 11 is 0. The molecule has 2 aromatic carbocycles. The lowest BCUT2D eigenvalue weighted by atomic mass is 10.0. The van der Waals surface area contributed by atoms with Crippen LogP contribution in [0.1, 0.15) is 17.2 Å². The number of sulfone groups is 1. The van der Waals surface area contributed by atoms with Gasteiger partial charge in [0.25, 0.3) is 0 Å². The van der Waals surface area contributed by atoms with Crippen LogP contribution in [-0.2, 0) is 31.2 Å². The van der Waals surface area contributed by atoms with E-state index in [0.717, 1.165) is 5.56 Å². The predicted octanol–water partition coefficient (Wildman–Crippen LogP) is 0.422. The van der Waals surface area contributed by atoms with Crippen LogP contribution in [0.2, 0.25) is 0 Å². The van der Waals surface area contributed by atoms with Crippen molar-refractivity contribution in [1.29, 1.82) is 0 Å². The minimum Gasteiger partial charge on any atom is -0.350 e. The largest absolute Gasteiger partial charge is 0.350 e. The Kier molecular flexibility index (Phi) is 6.37. The number of nitrogens with zero attached hydrogens (tertiary/aromatic N) is 1. The van der Waals surface area contributed by atoms with E-state index in [1.165, 1.54) is 12.1 Å². The molecular formula is C19H23N3O5S2. The van der Waals surface area contributed by atoms with Gasteiger partial charge in [0.05, 0.1) is 16.4 Å². The van der Waals surface area contributed by atoms with Gasteiger partial charge in [-0.1, -0.05) is 42.5 Å². The summed E-state index contributed by atoms with van der Waals surface area (Å²) in [4.78, 5) is 14.8. The number of hydrogen-bond donors (Lipinski definition) is 2. The second kappa shape index (κ2) is 8.62. The fourth-order valence-corrected chi connectivity index (χ4v) is 5.08. The molecule has 1 saturated heterocycles. The van der Waals surface area contributed by atoms with Gasteiger partial charge in [-0.2, -0.15) is 0 Å². The van der Waals surface area contributed by atoms with Crippen LogP contribution in [0.3, 0.4) is 0 Å². The van der Waals surface area contributed by atoms with Crippen LogP contribution in [0.5, 0.6) is 0 Å². The van der Waals surface area contributed by atoms with Crippen molar-refractivity contribution in [3.8, 4) is 0 Å². The zero-order valence-corrected chi connectivity index (χ0v) is 17.3. The molecule has 1 unspecified atom stereocenters. The van der Waals surface area contributed by atoms with E-state index in [-0.39, 0.29) is 41.9 Å². The molecule has 0 aliphatic carbocycles. The summed E-state index contributed by atoms with van der Waals surface area (Å²) in [6, 6.07) is 14.6. The highest BCUT2D eigenvalue weighted by Crippen LogP contribution is 2.23. The molecule has 1 atom stereocenters. The van der Waals surface area contributed by atoms with Gasteiger partial charge in [0.1, 0.15) is 6.04 Å². The van der Waals surface area contributed by atoms with Crippen LogP contribution in [-0.4, -0.2) is 52.2 Å². The SMILES string of the molecule is NS(=O)(=O)c1cccc(CNC(=O)C(c2ccccc2)N2CCS(=O)(=O)CC2)c1. The van der Waals surface area contributed by atoms with Crippen molar-refractivity contribution in [2.24, 2.45) is 5.14 Å². The molecule has 1 fully saturated rings. The van der Waals surface area contributed by atoms with Gasteiger partial charge >= 0.3 is 0 Å². The highest BCUT2D eigenvalue weighted by Gasteiger charge is 2.32. The molecule has 10 heteroatoms. The average Bonchev–Trinajstić information content (AvgIpc) is 2.68. The van der Waals surface area contributed by atoms with E-state index in [4.69, 9.17) is 5.14 Å². The van der Waals surface area contributed by atoms with Crippen LogP contribution < -0.4 is 10.5 Å². The molecule has 8 nitrogen and oxygen atoms in total. The van der Waals surface area contributed by atoms with Crippen LogP contribution in [0.4, 0.5) is 0 Å². The van der Waals surface area contributed by atoms with Crippen LogP contribution in [0.25, 0.3) is 0 Å². The molecule has 1 amide bonds. The minimum absolute atomic E-state index is 0.0139. The normalized spacial score (nSPS) is 18.1. The zero-order chi connectivity index (χ0) is 21.1. The number of amides is 1. The quantitative estimate of drug-likeness (QED) is 0.674. The predicted molar refractivity (Wildman–Crippen MR) is 109 cm³/mol. The van der Waals surface area contributed by atoms with Crippen molar-refractivity contribution in [3.63, 3.8) is 0 Å². The molecule has 0 aromatic heterocycles. The van der Waals surface area contributed by atoms with Gasteiger partial charge in [-0.15, -0.1) is 0 Å². The minimum atomic E-state index is -3.83. The van der Waals surface area contributed by atoms with E-state index >= 15 is 0 Å². The molecule has 0 bridgehead atoms. The summed E-state index contributed by atoms with van der Waals surface area (Å²) in [6.07, 6.45) is 0. The number of carbonyl (C=O) groups excluding carboxylic acids is 1. The summed E-state index contributed by atoms with van der Waals surface area (Å²) in [5, 5.41) is 7.98. The summed E-state index contributed by atoms with van der Waals surface area (Å²) in [7, 11) is -6.90. The molecular weight excluding hydrogens is 414 g/mol. The number of hydrogen-bond acceptors (Lipinski definition) is 6. The monoisotopic (exact) mass is 437 g/mol. The number of benzene rings is 2. The van der Waals surface area contributed by atoms with Crippen LogP contribution in [0.15, 0.2) is 59.5 Å². The van der Waals surface area contributed by atoms with E-state index in [2.05, 4.69) is 5.32 Å². The Morgan fingerprint density at radius 1 is 1.07 bits per heavy atom. The van der Waals surface area contributed by atoms with E-state index in [1.807, 2.05) is 35.2 Å². The highest BCUT2D eigenvalue weighted by atomic mass is 32.2. The molecule has 1 aliphatic heterocycles. The van der Waals surface area contributed by atoms with Crippen molar-refractivity contribution < 1.29 is 21.6 Å². The standard InChI is InChI=1S/C19H23N3O5S2/c20-29(26,27)17-8-4-5-15(13-17)14-21-19(23)18(16-6-2-1-3-7-16)22-9-11-28(24,25)12-10-22/h1-8,13,18H,9-12,14H2,(H,21,23)(H2,20,26,27). The van der Waals surface area contributed by atoms with E-state index < -0.39 is 25.9 Å². The first kappa shape index (κ1) is 21.4. The number of rotatable bonds is 6. The number of carbonyl (C=O) groups is 1. The van der Waals surface area contributed by atoms with Crippen LogP contribution in [0, 0.1) is 0 Å².